The molecule has 2 saturated heterocycles. The third-order valence-electron chi connectivity index (χ3n) is 5.89. The second-order valence-electron chi connectivity index (χ2n) is 8.34. The molecule has 162 valence electrons. The van der Waals surface area contributed by atoms with Gasteiger partial charge >= 0.3 is 0 Å². The average Bonchev–Trinajstić information content (AvgIpc) is 2.75. The number of hydrogen-bond acceptors (Lipinski definition) is 6. The summed E-state index contributed by atoms with van der Waals surface area (Å²) in [7, 11) is -3.33. The van der Waals surface area contributed by atoms with Gasteiger partial charge in [0.15, 0.2) is 0 Å². The van der Waals surface area contributed by atoms with Crippen LogP contribution in [-0.4, -0.2) is 62.0 Å². The molecule has 4 rings (SSSR count). The molecule has 0 N–H and O–H groups in total. The van der Waals surface area contributed by atoms with Gasteiger partial charge in [0.1, 0.15) is 5.82 Å². The summed E-state index contributed by atoms with van der Waals surface area (Å²) in [4.78, 5) is 13.9. The van der Waals surface area contributed by atoms with E-state index < -0.39 is 10.0 Å². The quantitative estimate of drug-likeness (QED) is 0.728. The normalized spacial score (nSPS) is 18.6. The third-order valence-corrected chi connectivity index (χ3v) is 7.74. The number of anilines is 2. The maximum absolute atomic E-state index is 12.9. The fourth-order valence-electron chi connectivity index (χ4n) is 4.12. The van der Waals surface area contributed by atoms with Gasteiger partial charge in [0.25, 0.3) is 0 Å². The first kappa shape index (κ1) is 21.1. The topological polar surface area (TPSA) is 69.6 Å². The molecule has 2 aliphatic heterocycles. The van der Waals surface area contributed by atoms with Gasteiger partial charge in [-0.3, -0.25) is 0 Å². The SMILES string of the molecule is Cc1ccc(CS(=O)(=O)N2CCN(c3nc(C)cc(N4CCCCC4)n3)CC2)cc1. The molecule has 0 spiro atoms. The lowest BCUT2D eigenvalue weighted by Crippen LogP contribution is -2.49. The number of sulfonamides is 1. The molecule has 30 heavy (non-hydrogen) atoms. The summed E-state index contributed by atoms with van der Waals surface area (Å²) in [5.74, 6) is 1.76. The van der Waals surface area contributed by atoms with Crippen molar-refractivity contribution >= 4 is 21.8 Å². The Kier molecular flexibility index (Phi) is 6.24. The van der Waals surface area contributed by atoms with Crippen molar-refractivity contribution < 1.29 is 8.42 Å². The Balaban J connectivity index is 1.41. The van der Waals surface area contributed by atoms with Crippen LogP contribution in [0.15, 0.2) is 30.3 Å². The molecule has 0 bridgehead atoms. The second-order valence-corrected chi connectivity index (χ2v) is 10.3. The van der Waals surface area contributed by atoms with Crippen molar-refractivity contribution in [2.75, 3.05) is 49.1 Å². The largest absolute Gasteiger partial charge is 0.356 e. The first-order valence-electron chi connectivity index (χ1n) is 10.8. The zero-order valence-electron chi connectivity index (χ0n) is 17.9. The van der Waals surface area contributed by atoms with E-state index in [0.717, 1.165) is 35.7 Å². The summed E-state index contributed by atoms with van der Waals surface area (Å²) in [5, 5.41) is 0. The predicted molar refractivity (Wildman–Crippen MR) is 120 cm³/mol. The molecule has 0 aliphatic carbocycles. The van der Waals surface area contributed by atoms with Gasteiger partial charge in [0.2, 0.25) is 16.0 Å². The van der Waals surface area contributed by atoms with Crippen LogP contribution in [0.4, 0.5) is 11.8 Å². The Bertz CT molecular complexity index is 964. The highest BCUT2D eigenvalue weighted by atomic mass is 32.2. The van der Waals surface area contributed by atoms with Crippen molar-refractivity contribution in [1.82, 2.24) is 14.3 Å². The van der Waals surface area contributed by atoms with Crippen LogP contribution in [0.2, 0.25) is 0 Å². The number of aryl methyl sites for hydroxylation is 2. The Morgan fingerprint density at radius 1 is 0.833 bits per heavy atom. The first-order chi connectivity index (χ1) is 14.4. The Morgan fingerprint density at radius 3 is 2.17 bits per heavy atom. The van der Waals surface area contributed by atoms with E-state index in [4.69, 9.17) is 4.98 Å². The van der Waals surface area contributed by atoms with Gasteiger partial charge in [-0.15, -0.1) is 0 Å². The van der Waals surface area contributed by atoms with Crippen LogP contribution in [-0.2, 0) is 15.8 Å². The first-order valence-corrected chi connectivity index (χ1v) is 12.4. The minimum atomic E-state index is -3.33. The second kappa shape index (κ2) is 8.89. The lowest BCUT2D eigenvalue weighted by Gasteiger charge is -2.35. The van der Waals surface area contributed by atoms with Crippen LogP contribution in [0.1, 0.15) is 36.1 Å². The van der Waals surface area contributed by atoms with Gasteiger partial charge in [0, 0.05) is 51.0 Å². The molecule has 0 radical (unpaired) electrons. The van der Waals surface area contributed by atoms with Gasteiger partial charge in [0.05, 0.1) is 5.75 Å². The maximum Gasteiger partial charge on any atom is 0.227 e. The van der Waals surface area contributed by atoms with Gasteiger partial charge in [-0.05, 0) is 38.7 Å². The van der Waals surface area contributed by atoms with Gasteiger partial charge < -0.3 is 9.80 Å². The molecule has 2 aliphatic rings. The van der Waals surface area contributed by atoms with E-state index in [1.165, 1.54) is 19.3 Å². The van der Waals surface area contributed by atoms with Crippen molar-refractivity contribution in [1.29, 1.82) is 0 Å². The summed E-state index contributed by atoms with van der Waals surface area (Å²) < 4.78 is 27.3. The van der Waals surface area contributed by atoms with E-state index in [9.17, 15) is 8.42 Å². The lowest BCUT2D eigenvalue weighted by atomic mass is 10.1. The van der Waals surface area contributed by atoms with E-state index in [0.29, 0.717) is 32.1 Å². The number of piperidine rings is 1. The fraction of sp³-hybridized carbons (Fsp3) is 0.545. The molecule has 1 aromatic carbocycles. The number of aromatic nitrogens is 2. The molecule has 0 unspecified atom stereocenters. The van der Waals surface area contributed by atoms with E-state index >= 15 is 0 Å². The Labute approximate surface area is 179 Å². The highest BCUT2D eigenvalue weighted by molar-refractivity contribution is 7.88. The van der Waals surface area contributed by atoms with Crippen molar-refractivity contribution in [3.05, 3.63) is 47.2 Å². The highest BCUT2D eigenvalue weighted by Crippen LogP contribution is 2.23. The molecule has 2 aromatic rings. The number of piperazine rings is 1. The molecular formula is C22H31N5O2S. The summed E-state index contributed by atoms with van der Waals surface area (Å²) in [6, 6.07) is 9.75. The number of nitrogens with zero attached hydrogens (tertiary/aromatic N) is 5. The summed E-state index contributed by atoms with van der Waals surface area (Å²) in [6.45, 7) is 8.23. The molecule has 2 fully saturated rings. The van der Waals surface area contributed by atoms with Crippen molar-refractivity contribution in [2.45, 2.75) is 38.9 Å². The zero-order valence-corrected chi connectivity index (χ0v) is 18.7. The van der Waals surface area contributed by atoms with E-state index in [1.54, 1.807) is 4.31 Å². The molecule has 0 atom stereocenters. The van der Waals surface area contributed by atoms with E-state index in [-0.39, 0.29) is 5.75 Å². The van der Waals surface area contributed by atoms with Crippen LogP contribution in [0.5, 0.6) is 0 Å². The number of rotatable bonds is 5. The van der Waals surface area contributed by atoms with Crippen LogP contribution in [0.25, 0.3) is 0 Å². The molecule has 0 saturated carbocycles. The van der Waals surface area contributed by atoms with Crippen molar-refractivity contribution in [2.24, 2.45) is 0 Å². The number of benzene rings is 1. The summed E-state index contributed by atoms with van der Waals surface area (Å²) in [5.41, 5.74) is 2.91. The van der Waals surface area contributed by atoms with Gasteiger partial charge in [-0.2, -0.15) is 9.29 Å². The smallest absolute Gasteiger partial charge is 0.227 e. The van der Waals surface area contributed by atoms with Crippen LogP contribution in [0, 0.1) is 13.8 Å². The van der Waals surface area contributed by atoms with Crippen LogP contribution in [0.3, 0.4) is 0 Å². The van der Waals surface area contributed by atoms with Crippen molar-refractivity contribution in [3.63, 3.8) is 0 Å². The Hall–Kier alpha value is -2.19. The molecule has 7 nitrogen and oxygen atoms in total. The monoisotopic (exact) mass is 429 g/mol. The summed E-state index contributed by atoms with van der Waals surface area (Å²) >= 11 is 0. The summed E-state index contributed by atoms with van der Waals surface area (Å²) in [6.07, 6.45) is 3.69. The molecule has 0 amide bonds. The van der Waals surface area contributed by atoms with E-state index in [2.05, 4.69) is 20.9 Å². The van der Waals surface area contributed by atoms with Gasteiger partial charge in [-0.25, -0.2) is 13.4 Å². The fourth-order valence-corrected chi connectivity index (χ4v) is 5.63. The number of hydrogen-bond donors (Lipinski definition) is 0. The molecule has 8 heteroatoms. The lowest BCUT2D eigenvalue weighted by molar-refractivity contribution is 0.382. The van der Waals surface area contributed by atoms with Crippen LogP contribution >= 0.6 is 0 Å². The minimum absolute atomic E-state index is 0.0489. The highest BCUT2D eigenvalue weighted by Gasteiger charge is 2.28. The van der Waals surface area contributed by atoms with Crippen molar-refractivity contribution in [3.8, 4) is 0 Å². The molecule has 1 aromatic heterocycles. The predicted octanol–water partition coefficient (Wildman–Crippen LogP) is 2.74. The van der Waals surface area contributed by atoms with E-state index in [1.807, 2.05) is 38.1 Å². The zero-order chi connectivity index (χ0) is 21.1. The Morgan fingerprint density at radius 2 is 1.50 bits per heavy atom. The molecule has 3 heterocycles. The van der Waals surface area contributed by atoms with Crippen LogP contribution < -0.4 is 9.80 Å². The standard InChI is InChI=1S/C22H31N5O2S/c1-18-6-8-20(9-7-18)17-30(28,29)27-14-12-26(13-15-27)22-23-19(2)16-21(24-22)25-10-4-3-5-11-25/h6-9,16H,3-5,10-15,17H2,1-2H3. The molecular weight excluding hydrogens is 398 g/mol. The average molecular weight is 430 g/mol. The third kappa shape index (κ3) is 4.92. The minimum Gasteiger partial charge on any atom is -0.356 e. The van der Waals surface area contributed by atoms with Gasteiger partial charge in [-0.1, -0.05) is 29.8 Å². The maximum atomic E-state index is 12.9.